The normalized spacial score (nSPS) is 12.1. The highest BCUT2D eigenvalue weighted by Crippen LogP contribution is 2.18. The molecular weight excluding hydrogens is 234 g/mol. The highest BCUT2D eigenvalue weighted by Gasteiger charge is 2.05. The summed E-state index contributed by atoms with van der Waals surface area (Å²) >= 11 is 0. The number of rotatable bonds is 6. The van der Waals surface area contributed by atoms with Gasteiger partial charge in [0, 0.05) is 6.04 Å². The van der Waals surface area contributed by atoms with Gasteiger partial charge in [0.15, 0.2) is 0 Å². The number of hydrogen-bond donors (Lipinski definition) is 1. The summed E-state index contributed by atoms with van der Waals surface area (Å²) in [6, 6.07) is 19.1. The highest BCUT2D eigenvalue weighted by atomic mass is 16.5. The van der Waals surface area contributed by atoms with Crippen LogP contribution in [-0.4, -0.2) is 13.7 Å². The second kappa shape index (κ2) is 6.95. The molecule has 19 heavy (non-hydrogen) atoms. The number of hydrogen-bond acceptors (Lipinski definition) is 2. The Morgan fingerprint density at radius 2 is 1.84 bits per heavy atom. The van der Waals surface area contributed by atoms with Crippen LogP contribution in [0.15, 0.2) is 54.6 Å². The van der Waals surface area contributed by atoms with Crippen LogP contribution in [0.5, 0.6) is 5.75 Å². The van der Waals surface area contributed by atoms with Gasteiger partial charge in [0.1, 0.15) is 5.75 Å². The van der Waals surface area contributed by atoms with Crippen molar-refractivity contribution in [2.75, 3.05) is 13.7 Å². The lowest BCUT2D eigenvalue weighted by atomic mass is 10.1. The zero-order chi connectivity index (χ0) is 13.5. The van der Waals surface area contributed by atoms with Gasteiger partial charge in [-0.25, -0.2) is 0 Å². The second-order valence-electron chi connectivity index (χ2n) is 4.69. The van der Waals surface area contributed by atoms with E-state index in [-0.39, 0.29) is 0 Å². The quantitative estimate of drug-likeness (QED) is 0.851. The third kappa shape index (κ3) is 4.11. The van der Waals surface area contributed by atoms with Crippen LogP contribution in [0.1, 0.15) is 24.1 Å². The lowest BCUT2D eigenvalue weighted by Crippen LogP contribution is -2.21. The number of nitrogens with one attached hydrogen (secondary N) is 1. The van der Waals surface area contributed by atoms with Crippen molar-refractivity contribution in [3.05, 3.63) is 65.7 Å². The molecule has 0 aliphatic heterocycles. The third-order valence-corrected chi connectivity index (χ3v) is 3.30. The summed E-state index contributed by atoms with van der Waals surface area (Å²) in [5, 5.41) is 3.54. The van der Waals surface area contributed by atoms with Crippen LogP contribution in [-0.2, 0) is 6.42 Å². The van der Waals surface area contributed by atoms with Gasteiger partial charge < -0.3 is 10.1 Å². The van der Waals surface area contributed by atoms with E-state index < -0.39 is 0 Å². The molecule has 0 heterocycles. The van der Waals surface area contributed by atoms with Gasteiger partial charge in [-0.05, 0) is 43.1 Å². The van der Waals surface area contributed by atoms with Gasteiger partial charge in [-0.3, -0.25) is 0 Å². The molecule has 2 aromatic carbocycles. The van der Waals surface area contributed by atoms with Crippen molar-refractivity contribution < 1.29 is 4.74 Å². The summed E-state index contributed by atoms with van der Waals surface area (Å²) < 4.78 is 5.25. The molecule has 0 saturated carbocycles. The molecule has 2 heteroatoms. The van der Waals surface area contributed by atoms with Crippen molar-refractivity contribution in [2.45, 2.75) is 19.4 Å². The molecule has 2 rings (SSSR count). The van der Waals surface area contributed by atoms with E-state index in [1.807, 2.05) is 12.1 Å². The Hall–Kier alpha value is -1.80. The molecule has 2 aromatic rings. The third-order valence-electron chi connectivity index (χ3n) is 3.30. The Morgan fingerprint density at radius 3 is 2.58 bits per heavy atom. The van der Waals surface area contributed by atoms with E-state index in [0.717, 1.165) is 18.7 Å². The molecule has 0 aromatic heterocycles. The monoisotopic (exact) mass is 255 g/mol. The van der Waals surface area contributed by atoms with Crippen LogP contribution in [0, 0.1) is 0 Å². The summed E-state index contributed by atoms with van der Waals surface area (Å²) in [7, 11) is 1.70. The first kappa shape index (κ1) is 13.6. The molecule has 0 fully saturated rings. The molecule has 0 amide bonds. The van der Waals surface area contributed by atoms with Crippen LogP contribution in [0.4, 0.5) is 0 Å². The van der Waals surface area contributed by atoms with Crippen molar-refractivity contribution in [3.8, 4) is 5.75 Å². The van der Waals surface area contributed by atoms with E-state index in [9.17, 15) is 0 Å². The predicted octanol–water partition coefficient (Wildman–Crippen LogP) is 3.59. The highest BCUT2D eigenvalue weighted by molar-refractivity contribution is 5.30. The van der Waals surface area contributed by atoms with Crippen LogP contribution >= 0.6 is 0 Å². The average Bonchev–Trinajstić information content (AvgIpc) is 2.48. The maximum atomic E-state index is 5.25. The van der Waals surface area contributed by atoms with Gasteiger partial charge in [0.05, 0.1) is 7.11 Å². The maximum Gasteiger partial charge on any atom is 0.119 e. The van der Waals surface area contributed by atoms with Gasteiger partial charge in [-0.2, -0.15) is 0 Å². The van der Waals surface area contributed by atoms with Crippen LogP contribution < -0.4 is 10.1 Å². The first-order chi connectivity index (χ1) is 9.29. The van der Waals surface area contributed by atoms with E-state index >= 15 is 0 Å². The minimum absolute atomic E-state index is 0.332. The molecule has 100 valence electrons. The molecule has 0 aliphatic rings. The molecule has 1 atom stereocenters. The van der Waals surface area contributed by atoms with Crippen molar-refractivity contribution in [3.63, 3.8) is 0 Å². The molecule has 0 saturated heterocycles. The Bertz CT molecular complexity index is 496. The Kier molecular flexibility index (Phi) is 4.99. The standard InChI is InChI=1S/C17H21NO/c1-14(16-9-6-10-17(13-16)19-2)18-12-11-15-7-4-3-5-8-15/h3-10,13-14,18H,11-12H2,1-2H3/t14-/m1/s1. The Labute approximate surface area is 115 Å². The van der Waals surface area contributed by atoms with E-state index in [4.69, 9.17) is 4.74 Å². The first-order valence-electron chi connectivity index (χ1n) is 6.71. The van der Waals surface area contributed by atoms with Gasteiger partial charge in [-0.1, -0.05) is 42.5 Å². The fraction of sp³-hybridized carbons (Fsp3) is 0.294. The summed E-state index contributed by atoms with van der Waals surface area (Å²) in [6.07, 6.45) is 1.05. The summed E-state index contributed by atoms with van der Waals surface area (Å²) in [4.78, 5) is 0. The predicted molar refractivity (Wildman–Crippen MR) is 79.6 cm³/mol. The van der Waals surface area contributed by atoms with Gasteiger partial charge in [0.25, 0.3) is 0 Å². The molecule has 0 radical (unpaired) electrons. The zero-order valence-electron chi connectivity index (χ0n) is 11.6. The SMILES string of the molecule is COc1cccc([C@@H](C)NCCc2ccccc2)c1. The summed E-state index contributed by atoms with van der Waals surface area (Å²) in [6.45, 7) is 3.15. The molecule has 0 aliphatic carbocycles. The van der Waals surface area contributed by atoms with E-state index in [0.29, 0.717) is 6.04 Å². The van der Waals surface area contributed by atoms with Gasteiger partial charge in [-0.15, -0.1) is 0 Å². The van der Waals surface area contributed by atoms with E-state index in [2.05, 4.69) is 54.7 Å². The van der Waals surface area contributed by atoms with Crippen molar-refractivity contribution in [1.82, 2.24) is 5.32 Å². The molecule has 0 bridgehead atoms. The number of benzene rings is 2. The van der Waals surface area contributed by atoms with Crippen molar-refractivity contribution in [2.24, 2.45) is 0 Å². The average molecular weight is 255 g/mol. The van der Waals surface area contributed by atoms with Crippen LogP contribution in [0.3, 0.4) is 0 Å². The number of methoxy groups -OCH3 is 1. The summed E-state index contributed by atoms with van der Waals surface area (Å²) in [5.74, 6) is 0.911. The topological polar surface area (TPSA) is 21.3 Å². The van der Waals surface area contributed by atoms with E-state index in [1.54, 1.807) is 7.11 Å². The molecule has 2 nitrogen and oxygen atoms in total. The van der Waals surface area contributed by atoms with Gasteiger partial charge in [0.2, 0.25) is 0 Å². The van der Waals surface area contributed by atoms with Crippen molar-refractivity contribution in [1.29, 1.82) is 0 Å². The molecular formula is C17H21NO. The number of ether oxygens (including phenoxy) is 1. The zero-order valence-corrected chi connectivity index (χ0v) is 11.6. The maximum absolute atomic E-state index is 5.25. The molecule has 1 N–H and O–H groups in total. The van der Waals surface area contributed by atoms with Crippen LogP contribution in [0.25, 0.3) is 0 Å². The second-order valence-corrected chi connectivity index (χ2v) is 4.69. The molecule has 0 unspecified atom stereocenters. The first-order valence-corrected chi connectivity index (χ1v) is 6.71. The van der Waals surface area contributed by atoms with Gasteiger partial charge >= 0.3 is 0 Å². The minimum atomic E-state index is 0.332. The Morgan fingerprint density at radius 1 is 1.05 bits per heavy atom. The summed E-state index contributed by atoms with van der Waals surface area (Å²) in [5.41, 5.74) is 2.63. The molecule has 0 spiro atoms. The lowest BCUT2D eigenvalue weighted by Gasteiger charge is -2.15. The van der Waals surface area contributed by atoms with Crippen molar-refractivity contribution >= 4 is 0 Å². The fourth-order valence-electron chi connectivity index (χ4n) is 2.11. The fourth-order valence-corrected chi connectivity index (χ4v) is 2.11. The van der Waals surface area contributed by atoms with E-state index in [1.165, 1.54) is 11.1 Å². The largest absolute Gasteiger partial charge is 0.497 e. The minimum Gasteiger partial charge on any atom is -0.497 e. The smallest absolute Gasteiger partial charge is 0.119 e. The van der Waals surface area contributed by atoms with Crippen LogP contribution in [0.2, 0.25) is 0 Å². The lowest BCUT2D eigenvalue weighted by molar-refractivity contribution is 0.413. The Balaban J connectivity index is 1.85.